The van der Waals surface area contributed by atoms with Gasteiger partial charge in [-0.3, -0.25) is 4.98 Å². The molecule has 0 aliphatic rings. The minimum absolute atomic E-state index is 0.107. The van der Waals surface area contributed by atoms with Crippen LogP contribution in [0.2, 0.25) is 0 Å². The maximum Gasteiger partial charge on any atom is 0.311 e. The fourth-order valence-corrected chi connectivity index (χ4v) is 3.80. The lowest BCUT2D eigenvalue weighted by molar-refractivity contribution is 0.292. The van der Waals surface area contributed by atoms with Gasteiger partial charge in [0.05, 0.1) is 5.52 Å². The summed E-state index contributed by atoms with van der Waals surface area (Å²) in [4.78, 5) is 11.5. The fraction of sp³-hybridized carbons (Fsp3) is 0.148. The van der Waals surface area contributed by atoms with Crippen LogP contribution in [-0.2, 0) is 13.0 Å². The first-order valence-corrected chi connectivity index (χ1v) is 11.6. The van der Waals surface area contributed by atoms with Crippen molar-refractivity contribution >= 4 is 17.0 Å². The van der Waals surface area contributed by atoms with Gasteiger partial charge in [0.15, 0.2) is 11.6 Å². The van der Waals surface area contributed by atoms with E-state index in [0.29, 0.717) is 28.7 Å². The Bertz CT molecular complexity index is 1540. The van der Waals surface area contributed by atoms with Crippen molar-refractivity contribution in [3.05, 3.63) is 102 Å². The predicted molar refractivity (Wildman–Crippen MR) is 137 cm³/mol. The number of nitrogens with zero attached hydrogens (tertiary/aromatic N) is 7. The van der Waals surface area contributed by atoms with Gasteiger partial charge in [0.25, 0.3) is 0 Å². The van der Waals surface area contributed by atoms with Gasteiger partial charge in [-0.2, -0.15) is 9.37 Å². The Morgan fingerprint density at radius 3 is 2.62 bits per heavy atom. The molecule has 0 bridgehead atoms. The molecule has 5 rings (SSSR count). The molecular formula is C27H24FN7O2. The highest BCUT2D eigenvalue weighted by molar-refractivity contribution is 5.86. The van der Waals surface area contributed by atoms with Gasteiger partial charge in [0.1, 0.15) is 18.1 Å². The first kappa shape index (κ1) is 23.9. The number of aromatic nitrogens is 6. The van der Waals surface area contributed by atoms with Gasteiger partial charge in [-0.1, -0.05) is 36.4 Å². The molecule has 2 aromatic carbocycles. The normalized spacial score (nSPS) is 11.2. The number of ether oxygens (including phenoxy) is 2. The van der Waals surface area contributed by atoms with E-state index in [0.717, 1.165) is 11.8 Å². The summed E-state index contributed by atoms with van der Waals surface area (Å²) < 4.78 is 26.9. The molecule has 0 spiro atoms. The van der Waals surface area contributed by atoms with Crippen molar-refractivity contribution < 1.29 is 13.9 Å². The van der Waals surface area contributed by atoms with Crippen LogP contribution in [0.4, 0.5) is 4.39 Å². The van der Waals surface area contributed by atoms with Gasteiger partial charge >= 0.3 is 6.08 Å². The van der Waals surface area contributed by atoms with E-state index in [1.807, 2.05) is 54.1 Å². The second-order valence-corrected chi connectivity index (χ2v) is 8.27. The molecule has 0 radical (unpaired) electrons. The molecule has 0 amide bonds. The van der Waals surface area contributed by atoms with Gasteiger partial charge in [0.2, 0.25) is 5.88 Å². The van der Waals surface area contributed by atoms with Crippen LogP contribution in [0.5, 0.6) is 17.4 Å². The summed E-state index contributed by atoms with van der Waals surface area (Å²) in [6.45, 7) is 0.204. The van der Waals surface area contributed by atoms with Crippen LogP contribution in [0.25, 0.3) is 17.0 Å². The number of hydrogen-bond acceptors (Lipinski definition) is 8. The van der Waals surface area contributed by atoms with Crippen molar-refractivity contribution in [2.75, 3.05) is 19.1 Å². The van der Waals surface area contributed by atoms with Gasteiger partial charge in [-0.05, 0) is 36.3 Å². The smallest absolute Gasteiger partial charge is 0.311 e. The van der Waals surface area contributed by atoms with Gasteiger partial charge in [-0.15, -0.1) is 10.2 Å². The Kier molecular flexibility index (Phi) is 6.98. The second-order valence-electron chi connectivity index (χ2n) is 8.27. The summed E-state index contributed by atoms with van der Waals surface area (Å²) in [6.07, 6.45) is 6.91. The lowest BCUT2D eigenvalue weighted by Gasteiger charge is -2.18. The van der Waals surface area contributed by atoms with E-state index >= 15 is 0 Å². The molecule has 37 heavy (non-hydrogen) atoms. The summed E-state index contributed by atoms with van der Waals surface area (Å²) in [5, 5.41) is 11.4. The topological polar surface area (TPSA) is 91.1 Å². The molecule has 0 fully saturated rings. The Balaban J connectivity index is 1.31. The average molecular weight is 498 g/mol. The first-order valence-electron chi connectivity index (χ1n) is 11.6. The molecule has 0 aliphatic carbocycles. The van der Waals surface area contributed by atoms with Crippen molar-refractivity contribution in [3.8, 4) is 17.4 Å². The van der Waals surface area contributed by atoms with Crippen LogP contribution in [0.3, 0.4) is 0 Å². The van der Waals surface area contributed by atoms with Crippen molar-refractivity contribution in [1.82, 2.24) is 29.8 Å². The maximum absolute atomic E-state index is 13.3. The number of rotatable bonds is 9. The molecule has 0 saturated heterocycles. The highest BCUT2D eigenvalue weighted by Crippen LogP contribution is 2.29. The standard InChI is InChI=1S/C27H24FN7O2/c1-34(2)35-24(10-6-9-19-7-4-3-5-8-19)32-33-25(35)18-36-23-13-15-29-22-17-20(11-12-21(22)23)37-26-14-16-30-27(28)31-26/h3-8,10-17H,9,18H2,1-2H3/b10-6-. The summed E-state index contributed by atoms with van der Waals surface area (Å²) in [5.41, 5.74) is 1.88. The van der Waals surface area contributed by atoms with Crippen LogP contribution >= 0.6 is 0 Å². The molecule has 186 valence electrons. The number of halogens is 1. The lowest BCUT2D eigenvalue weighted by atomic mass is 10.1. The highest BCUT2D eigenvalue weighted by Gasteiger charge is 2.14. The molecule has 10 heteroatoms. The third-order valence-electron chi connectivity index (χ3n) is 5.45. The van der Waals surface area contributed by atoms with E-state index in [1.165, 1.54) is 17.8 Å². The summed E-state index contributed by atoms with van der Waals surface area (Å²) in [5.74, 6) is 2.58. The van der Waals surface area contributed by atoms with E-state index < -0.39 is 6.08 Å². The van der Waals surface area contributed by atoms with E-state index in [4.69, 9.17) is 9.47 Å². The average Bonchev–Trinajstić information content (AvgIpc) is 3.31. The third-order valence-corrected chi connectivity index (χ3v) is 5.45. The van der Waals surface area contributed by atoms with Crippen molar-refractivity contribution in [1.29, 1.82) is 0 Å². The molecule has 0 N–H and O–H groups in total. The molecule has 0 aliphatic heterocycles. The minimum Gasteiger partial charge on any atom is -0.485 e. The lowest BCUT2D eigenvalue weighted by Crippen LogP contribution is -2.28. The summed E-state index contributed by atoms with van der Waals surface area (Å²) in [6, 6.07) is 18.8. The second kappa shape index (κ2) is 10.8. The molecule has 5 aromatic rings. The van der Waals surface area contributed by atoms with E-state index in [-0.39, 0.29) is 12.5 Å². The Morgan fingerprint density at radius 2 is 1.81 bits per heavy atom. The van der Waals surface area contributed by atoms with Crippen molar-refractivity contribution in [2.45, 2.75) is 13.0 Å². The van der Waals surface area contributed by atoms with E-state index in [9.17, 15) is 4.39 Å². The fourth-order valence-electron chi connectivity index (χ4n) is 3.80. The third kappa shape index (κ3) is 5.69. The highest BCUT2D eigenvalue weighted by atomic mass is 19.1. The van der Waals surface area contributed by atoms with Crippen LogP contribution < -0.4 is 14.5 Å². The van der Waals surface area contributed by atoms with Crippen LogP contribution in [0.1, 0.15) is 17.2 Å². The molecule has 9 nitrogen and oxygen atoms in total. The molecule has 3 aromatic heterocycles. The summed E-state index contributed by atoms with van der Waals surface area (Å²) >= 11 is 0. The van der Waals surface area contributed by atoms with Gasteiger partial charge < -0.3 is 14.5 Å². The predicted octanol–water partition coefficient (Wildman–Crippen LogP) is 4.58. The molecular weight excluding hydrogens is 473 g/mol. The quantitative estimate of drug-likeness (QED) is 0.273. The summed E-state index contributed by atoms with van der Waals surface area (Å²) in [7, 11) is 3.85. The van der Waals surface area contributed by atoms with Crippen molar-refractivity contribution in [3.63, 3.8) is 0 Å². The van der Waals surface area contributed by atoms with Gasteiger partial charge in [-0.25, -0.2) is 9.66 Å². The molecule has 3 heterocycles. The Morgan fingerprint density at radius 1 is 0.973 bits per heavy atom. The number of hydrogen-bond donors (Lipinski definition) is 0. The molecule has 0 atom stereocenters. The number of pyridine rings is 1. The zero-order chi connectivity index (χ0) is 25.6. The zero-order valence-corrected chi connectivity index (χ0v) is 20.3. The zero-order valence-electron chi connectivity index (χ0n) is 20.3. The maximum atomic E-state index is 13.3. The Hall–Kier alpha value is -4.86. The largest absolute Gasteiger partial charge is 0.485 e. The van der Waals surface area contributed by atoms with Crippen molar-refractivity contribution in [2.24, 2.45) is 0 Å². The molecule has 0 unspecified atom stereocenters. The Labute approximate surface area is 212 Å². The van der Waals surface area contributed by atoms with Crippen LogP contribution in [0, 0.1) is 6.08 Å². The van der Waals surface area contributed by atoms with Gasteiger partial charge in [0, 0.05) is 44.0 Å². The first-order chi connectivity index (χ1) is 18.1. The number of fused-ring (bicyclic) bond motifs is 1. The minimum atomic E-state index is -0.854. The van der Waals surface area contributed by atoms with E-state index in [2.05, 4.69) is 43.4 Å². The van der Waals surface area contributed by atoms with Crippen LogP contribution in [0.15, 0.2) is 79.1 Å². The SMILES string of the molecule is CN(C)n1c(/C=C\Cc2ccccc2)nnc1COc1ccnc2cc(Oc3ccnc(F)n3)ccc12. The van der Waals surface area contributed by atoms with Crippen LogP contribution in [-0.4, -0.2) is 43.9 Å². The van der Waals surface area contributed by atoms with E-state index in [1.54, 1.807) is 24.4 Å². The monoisotopic (exact) mass is 497 g/mol. The number of allylic oxidation sites excluding steroid dienone is 1. The number of benzene rings is 2. The molecule has 0 saturated carbocycles.